The first kappa shape index (κ1) is 25.6. The van der Waals surface area contributed by atoms with Crippen molar-refractivity contribution in [2.45, 2.75) is 52.0 Å². The smallest absolute Gasteiger partial charge is 0.236 e. The third-order valence-corrected chi connectivity index (χ3v) is 6.55. The van der Waals surface area contributed by atoms with E-state index in [1.165, 1.54) is 32.4 Å². The van der Waals surface area contributed by atoms with Gasteiger partial charge in [0.15, 0.2) is 5.96 Å². The highest BCUT2D eigenvalue weighted by Crippen LogP contribution is 2.18. The summed E-state index contributed by atoms with van der Waals surface area (Å²) in [6, 6.07) is 0.623. The van der Waals surface area contributed by atoms with Crippen molar-refractivity contribution in [1.29, 1.82) is 0 Å². The van der Waals surface area contributed by atoms with Gasteiger partial charge in [-0.3, -0.25) is 19.6 Å². The predicted molar refractivity (Wildman–Crippen MR) is 135 cm³/mol. The van der Waals surface area contributed by atoms with Crippen LogP contribution in [-0.2, 0) is 4.79 Å². The molecule has 174 valence electrons. The van der Waals surface area contributed by atoms with Gasteiger partial charge in [0.25, 0.3) is 0 Å². The van der Waals surface area contributed by atoms with Crippen molar-refractivity contribution < 1.29 is 4.79 Å². The molecule has 0 unspecified atom stereocenters. The van der Waals surface area contributed by atoms with Gasteiger partial charge in [0, 0.05) is 65.4 Å². The number of piperazine rings is 1. The number of hydrogen-bond acceptors (Lipinski definition) is 4. The van der Waals surface area contributed by atoms with Gasteiger partial charge in [-0.25, -0.2) is 0 Å². The zero-order valence-corrected chi connectivity index (χ0v) is 21.6. The van der Waals surface area contributed by atoms with E-state index in [0.717, 1.165) is 70.5 Å². The lowest BCUT2D eigenvalue weighted by atomic mass is 10.1. The quantitative estimate of drug-likeness (QED) is 0.321. The lowest BCUT2D eigenvalue weighted by molar-refractivity contribution is -0.133. The van der Waals surface area contributed by atoms with Crippen molar-refractivity contribution >= 4 is 35.8 Å². The zero-order chi connectivity index (χ0) is 20.6. The molecule has 0 aliphatic carbocycles. The van der Waals surface area contributed by atoms with Crippen molar-refractivity contribution in [2.24, 2.45) is 10.9 Å². The first-order valence-electron chi connectivity index (χ1n) is 11.8. The first-order valence-corrected chi connectivity index (χ1v) is 11.8. The van der Waals surface area contributed by atoms with Crippen molar-refractivity contribution in [3.8, 4) is 0 Å². The maximum absolute atomic E-state index is 12.5. The largest absolute Gasteiger partial charge is 0.355 e. The SMILES string of the molecule is CN=C(NC[C@H]1CCCN1CC(C)C)N1CCN(CC(=O)N2CCCCC2)CC1.I. The molecular weight excluding hydrogens is 491 g/mol. The van der Waals surface area contributed by atoms with Gasteiger partial charge in [-0.1, -0.05) is 13.8 Å². The number of likely N-dealkylation sites (tertiary alicyclic amines) is 2. The van der Waals surface area contributed by atoms with Crippen molar-refractivity contribution in [3.05, 3.63) is 0 Å². The number of nitrogens with one attached hydrogen (secondary N) is 1. The summed E-state index contributed by atoms with van der Waals surface area (Å²) in [6.45, 7) is 14.2. The second-order valence-corrected chi connectivity index (χ2v) is 9.32. The fourth-order valence-corrected chi connectivity index (χ4v) is 4.93. The fourth-order valence-electron chi connectivity index (χ4n) is 4.93. The van der Waals surface area contributed by atoms with Crippen LogP contribution in [0.5, 0.6) is 0 Å². The number of hydrogen-bond donors (Lipinski definition) is 1. The van der Waals surface area contributed by atoms with E-state index < -0.39 is 0 Å². The summed E-state index contributed by atoms with van der Waals surface area (Å²) >= 11 is 0. The number of carbonyl (C=O) groups is 1. The minimum absolute atomic E-state index is 0. The van der Waals surface area contributed by atoms with Crippen LogP contribution >= 0.6 is 24.0 Å². The summed E-state index contributed by atoms with van der Waals surface area (Å²) in [5.74, 6) is 2.05. The molecular formula is C22H43IN6O. The van der Waals surface area contributed by atoms with Crippen LogP contribution < -0.4 is 5.32 Å². The van der Waals surface area contributed by atoms with E-state index in [1.54, 1.807) is 0 Å². The standard InChI is InChI=1S/C22H42N6O.HI/c1-19(2)17-28-11-7-8-20(28)16-24-22(23-3)27-14-12-25(13-15-27)18-21(29)26-9-5-4-6-10-26;/h19-20H,4-18H2,1-3H3,(H,23,24);1H/t20-;/m1./s1. The molecule has 3 aliphatic heterocycles. The maximum atomic E-state index is 12.5. The summed E-state index contributed by atoms with van der Waals surface area (Å²) in [5.41, 5.74) is 0. The molecule has 30 heavy (non-hydrogen) atoms. The van der Waals surface area contributed by atoms with E-state index in [1.807, 2.05) is 7.05 Å². The number of rotatable bonds is 6. The lowest BCUT2D eigenvalue weighted by Crippen LogP contribution is -2.55. The molecule has 0 aromatic heterocycles. The highest BCUT2D eigenvalue weighted by molar-refractivity contribution is 14.0. The average molecular weight is 535 g/mol. The Morgan fingerprint density at radius 3 is 2.30 bits per heavy atom. The molecule has 7 nitrogen and oxygen atoms in total. The lowest BCUT2D eigenvalue weighted by Gasteiger charge is -2.38. The summed E-state index contributed by atoms with van der Waals surface area (Å²) in [4.78, 5) is 26.4. The maximum Gasteiger partial charge on any atom is 0.236 e. The molecule has 3 fully saturated rings. The molecule has 3 rings (SSSR count). The molecule has 3 saturated heterocycles. The first-order chi connectivity index (χ1) is 14.1. The zero-order valence-electron chi connectivity index (χ0n) is 19.3. The monoisotopic (exact) mass is 534 g/mol. The van der Waals surface area contributed by atoms with E-state index in [-0.39, 0.29) is 24.0 Å². The number of piperidine rings is 1. The molecule has 0 spiro atoms. The van der Waals surface area contributed by atoms with Gasteiger partial charge < -0.3 is 15.1 Å². The van der Waals surface area contributed by atoms with Crippen LogP contribution in [0, 0.1) is 5.92 Å². The number of guanidine groups is 1. The van der Waals surface area contributed by atoms with Crippen molar-refractivity contribution in [3.63, 3.8) is 0 Å². The number of carbonyl (C=O) groups excluding carboxylic acids is 1. The number of halogens is 1. The van der Waals surface area contributed by atoms with Crippen LogP contribution in [0.15, 0.2) is 4.99 Å². The van der Waals surface area contributed by atoms with Gasteiger partial charge in [-0.05, 0) is 44.6 Å². The fraction of sp³-hybridized carbons (Fsp3) is 0.909. The Labute approximate surface area is 200 Å². The summed E-state index contributed by atoms with van der Waals surface area (Å²) in [7, 11) is 1.88. The molecule has 1 atom stereocenters. The van der Waals surface area contributed by atoms with Crippen LogP contribution in [0.25, 0.3) is 0 Å². The molecule has 1 amide bonds. The van der Waals surface area contributed by atoms with E-state index in [0.29, 0.717) is 18.5 Å². The van der Waals surface area contributed by atoms with E-state index in [9.17, 15) is 4.79 Å². The molecule has 1 N–H and O–H groups in total. The van der Waals surface area contributed by atoms with Crippen LogP contribution in [0.3, 0.4) is 0 Å². The van der Waals surface area contributed by atoms with Gasteiger partial charge in [0.1, 0.15) is 0 Å². The van der Waals surface area contributed by atoms with Gasteiger partial charge >= 0.3 is 0 Å². The van der Waals surface area contributed by atoms with Crippen LogP contribution in [-0.4, -0.2) is 110 Å². The highest BCUT2D eigenvalue weighted by atomic mass is 127. The van der Waals surface area contributed by atoms with Crippen LogP contribution in [0.4, 0.5) is 0 Å². The predicted octanol–water partition coefficient (Wildman–Crippen LogP) is 1.93. The molecule has 3 heterocycles. The highest BCUT2D eigenvalue weighted by Gasteiger charge is 2.27. The van der Waals surface area contributed by atoms with E-state index in [2.05, 4.69) is 43.8 Å². The third-order valence-electron chi connectivity index (χ3n) is 6.55. The van der Waals surface area contributed by atoms with E-state index >= 15 is 0 Å². The summed E-state index contributed by atoms with van der Waals surface area (Å²) in [5, 5.41) is 3.63. The van der Waals surface area contributed by atoms with Gasteiger partial charge in [-0.15, -0.1) is 24.0 Å². The number of nitrogens with zero attached hydrogens (tertiary/aromatic N) is 5. The third kappa shape index (κ3) is 7.51. The van der Waals surface area contributed by atoms with Crippen LogP contribution in [0.2, 0.25) is 0 Å². The topological polar surface area (TPSA) is 54.4 Å². The molecule has 0 saturated carbocycles. The second-order valence-electron chi connectivity index (χ2n) is 9.32. The molecule has 8 heteroatoms. The Kier molecular flexibility index (Phi) is 11.2. The molecule has 0 aromatic carbocycles. The Morgan fingerprint density at radius 1 is 0.967 bits per heavy atom. The molecule has 0 bridgehead atoms. The minimum Gasteiger partial charge on any atom is -0.355 e. The van der Waals surface area contributed by atoms with Gasteiger partial charge in [-0.2, -0.15) is 0 Å². The minimum atomic E-state index is 0. The Balaban J connectivity index is 0.00000320. The van der Waals surface area contributed by atoms with Gasteiger partial charge in [0.2, 0.25) is 5.91 Å². The molecule has 0 aromatic rings. The van der Waals surface area contributed by atoms with Gasteiger partial charge in [0.05, 0.1) is 6.54 Å². The Morgan fingerprint density at radius 2 is 1.67 bits per heavy atom. The van der Waals surface area contributed by atoms with Crippen molar-refractivity contribution in [1.82, 2.24) is 24.9 Å². The Hall–Kier alpha value is -0.610. The normalized spacial score (nSPS) is 24.3. The molecule has 0 radical (unpaired) electrons. The summed E-state index contributed by atoms with van der Waals surface area (Å²) in [6.07, 6.45) is 6.18. The second kappa shape index (κ2) is 13.1. The average Bonchev–Trinajstić information content (AvgIpc) is 3.16. The number of amides is 1. The molecule has 3 aliphatic rings. The van der Waals surface area contributed by atoms with E-state index in [4.69, 9.17) is 0 Å². The van der Waals surface area contributed by atoms with Crippen molar-refractivity contribution in [2.75, 3.05) is 72.5 Å². The van der Waals surface area contributed by atoms with Crippen LogP contribution in [0.1, 0.15) is 46.0 Å². The Bertz CT molecular complexity index is 544. The summed E-state index contributed by atoms with van der Waals surface area (Å²) < 4.78 is 0. The number of aliphatic imine (C=N–C) groups is 1.